The zero-order valence-corrected chi connectivity index (χ0v) is 75.4. The first-order chi connectivity index (χ1) is 63.8. The third-order valence-corrected chi connectivity index (χ3v) is 27.2. The molecule has 0 spiro atoms. The molecule has 0 aliphatic heterocycles. The van der Waals surface area contributed by atoms with E-state index in [1.54, 1.807) is 6.07 Å². The highest BCUT2D eigenvalue weighted by atomic mass is 16.3. The summed E-state index contributed by atoms with van der Waals surface area (Å²) in [6.07, 6.45) is 8.47. The first-order valence-electron chi connectivity index (χ1n) is 46.9. The highest BCUT2D eigenvalue weighted by molar-refractivity contribution is 6.20. The van der Waals surface area contributed by atoms with E-state index in [-0.39, 0.29) is 0 Å². The molecule has 0 aliphatic carbocycles. The third kappa shape index (κ3) is 13.6. The van der Waals surface area contributed by atoms with Crippen LogP contribution in [0.5, 0.6) is 0 Å². The molecule has 128 heavy (non-hydrogen) atoms. The summed E-state index contributed by atoms with van der Waals surface area (Å²) in [7, 11) is 8.36. The van der Waals surface area contributed by atoms with Gasteiger partial charge >= 0.3 is 0 Å². The molecule has 0 fully saturated rings. The van der Waals surface area contributed by atoms with Gasteiger partial charge in [-0.15, -0.1) is 0 Å². The normalized spacial score (nSPS) is 13.2. The molecular weight excluding hydrogens is 1560 g/mol. The number of hydrogen-bond acceptors (Lipinski definition) is 4. The molecule has 8 nitrogen and oxygen atoms in total. The van der Waals surface area contributed by atoms with Crippen LogP contribution in [-0.2, 0) is 28.2 Å². The van der Waals surface area contributed by atoms with Gasteiger partial charge in [-0.2, -0.15) is 0 Å². The van der Waals surface area contributed by atoms with Gasteiger partial charge in [0.25, 0.3) is 0 Å². The van der Waals surface area contributed by atoms with Gasteiger partial charge in [0.15, 0.2) is 24.8 Å². The Morgan fingerprint density at radius 3 is 0.891 bits per heavy atom. The summed E-state index contributed by atoms with van der Waals surface area (Å²) in [5, 5.41) is 27.9. The van der Waals surface area contributed by atoms with Gasteiger partial charge < -0.3 is 17.7 Å². The zero-order valence-electron chi connectivity index (χ0n) is 80.4. The summed E-state index contributed by atoms with van der Waals surface area (Å²) in [6, 6.07) is 98.4. The van der Waals surface area contributed by atoms with Crippen LogP contribution >= 0.6 is 0 Å². The fourth-order valence-corrected chi connectivity index (χ4v) is 19.8. The second kappa shape index (κ2) is 31.5. The molecule has 0 aliphatic rings. The Kier molecular flexibility index (Phi) is 18.4. The van der Waals surface area contributed by atoms with Crippen molar-refractivity contribution in [2.45, 2.75) is 108 Å². The number of hydrogen-bond donors (Lipinski definition) is 0. The maximum Gasteiger partial charge on any atom is 0.224 e. The van der Waals surface area contributed by atoms with Crippen molar-refractivity contribution in [3.63, 3.8) is 0 Å². The number of fused-ring (bicyclic) bond motifs is 20. The van der Waals surface area contributed by atoms with Gasteiger partial charge in [-0.1, -0.05) is 205 Å². The minimum atomic E-state index is -2.43. The van der Waals surface area contributed by atoms with Gasteiger partial charge in [0, 0.05) is 79.6 Å². The summed E-state index contributed by atoms with van der Waals surface area (Å²) in [4.78, 5) is 0. The number of benzene rings is 16. The highest BCUT2D eigenvalue weighted by Crippen LogP contribution is 2.48. The van der Waals surface area contributed by atoms with E-state index in [0.29, 0.717) is 11.5 Å². The predicted molar refractivity (Wildman–Crippen MR) is 537 cm³/mol. The molecule has 8 heterocycles. The SMILES string of the molecule is Cc1cc2c(oc3cc4ccccc4cc32)c(-c2c3ccc(C(C)C)cc3cc[n+]2C)c1C.Cc1ccc2c(oc3cc4ccccc4cc32)c1-c1cc2ccccc2c[n+]1C.[2H]C(C)(C)c1ccc2c(-c3c(C)c(C)cc4c3oc3cc5ccccc5cc34)[n+](C)ccc2c1.[2H]C([2H])([2H])C([2H])(C)c1ccc2c(-c3c(C)c(C)cc4c3oc3cc5ccccc5cc34)[n+](C)ccc2c1. The van der Waals surface area contributed by atoms with Crippen LogP contribution in [0.1, 0.15) is 122 Å². The maximum absolute atomic E-state index is 8.56. The van der Waals surface area contributed by atoms with Gasteiger partial charge in [-0.3, -0.25) is 0 Å². The molecule has 0 N–H and O–H groups in total. The number of rotatable bonds is 7. The van der Waals surface area contributed by atoms with Crippen molar-refractivity contribution >= 4 is 174 Å². The van der Waals surface area contributed by atoms with Crippen molar-refractivity contribution < 1.29 is 42.8 Å². The summed E-state index contributed by atoms with van der Waals surface area (Å²) >= 11 is 0. The van der Waals surface area contributed by atoms with Crippen molar-refractivity contribution in [2.24, 2.45) is 28.2 Å². The molecule has 0 amide bonds. The van der Waals surface area contributed by atoms with Crippen LogP contribution in [0.25, 0.3) is 219 Å². The Bertz CT molecular complexity index is 9030. The van der Waals surface area contributed by atoms with Crippen molar-refractivity contribution in [2.75, 3.05) is 0 Å². The number of aromatic nitrogens is 4. The number of aryl methyl sites for hydroxylation is 8. The quantitative estimate of drug-likeness (QED) is 0.149. The maximum atomic E-state index is 8.56. The lowest BCUT2D eigenvalue weighted by atomic mass is 9.92. The van der Waals surface area contributed by atoms with Gasteiger partial charge in [0.05, 0.1) is 38.4 Å². The lowest BCUT2D eigenvalue weighted by molar-refractivity contribution is -0.659. The van der Waals surface area contributed by atoms with Crippen LogP contribution in [0, 0.1) is 48.5 Å². The van der Waals surface area contributed by atoms with Crippen LogP contribution in [0.3, 0.4) is 0 Å². The van der Waals surface area contributed by atoms with E-state index in [2.05, 4.69) is 369 Å². The minimum absolute atomic E-state index is 0.473. The van der Waals surface area contributed by atoms with E-state index >= 15 is 0 Å². The van der Waals surface area contributed by atoms with Crippen molar-refractivity contribution in [1.29, 1.82) is 0 Å². The van der Waals surface area contributed by atoms with Crippen LogP contribution in [0.15, 0.2) is 322 Å². The van der Waals surface area contributed by atoms with Crippen molar-refractivity contribution in [3.8, 4) is 45.0 Å². The first kappa shape index (κ1) is 74.8. The average Bonchev–Trinajstić information content (AvgIpc) is 1.62. The second-order valence-electron chi connectivity index (χ2n) is 36.0. The number of pyridine rings is 4. The molecule has 24 aromatic rings. The van der Waals surface area contributed by atoms with E-state index < -0.39 is 18.6 Å². The molecule has 24 rings (SSSR count). The fraction of sp³-hybridized carbons (Fsp3) is 0.167. The monoisotopic (exact) mass is 1670 g/mol. The van der Waals surface area contributed by atoms with Crippen LogP contribution in [0.2, 0.25) is 0 Å². The molecule has 8 aromatic heterocycles. The van der Waals surface area contributed by atoms with Crippen molar-refractivity contribution in [1.82, 2.24) is 0 Å². The highest BCUT2D eigenvalue weighted by Gasteiger charge is 2.31. The minimum Gasteiger partial charge on any atom is -0.455 e. The van der Waals surface area contributed by atoms with E-state index in [0.717, 1.165) is 133 Å². The average molecular weight is 1670 g/mol. The zero-order chi connectivity index (χ0) is 92.4. The molecule has 0 bridgehead atoms. The van der Waals surface area contributed by atoms with E-state index in [1.165, 1.54) is 143 Å². The van der Waals surface area contributed by atoms with Crippen LogP contribution < -0.4 is 18.3 Å². The molecule has 1 unspecified atom stereocenters. The molecule has 0 radical (unpaired) electrons. The Morgan fingerprint density at radius 1 is 0.250 bits per heavy atom. The molecule has 0 saturated carbocycles. The summed E-state index contributed by atoms with van der Waals surface area (Å²) in [5.74, 6) is -1.84. The van der Waals surface area contributed by atoms with Crippen LogP contribution in [0.4, 0.5) is 0 Å². The lowest BCUT2D eigenvalue weighted by Gasteiger charge is -2.12. The Balaban J connectivity index is 0.000000107. The number of furan rings is 4. The van der Waals surface area contributed by atoms with Gasteiger partial charge in [0.2, 0.25) is 22.8 Å². The topological polar surface area (TPSA) is 68.1 Å². The molecular formula is C120H104N4O4+4. The smallest absolute Gasteiger partial charge is 0.224 e. The summed E-state index contributed by atoms with van der Waals surface area (Å²) in [5.41, 5.74) is 27.8. The summed E-state index contributed by atoms with van der Waals surface area (Å²) < 4.78 is 75.7. The second-order valence-corrected chi connectivity index (χ2v) is 36.0. The molecule has 624 valence electrons. The van der Waals surface area contributed by atoms with E-state index in [4.69, 9.17) is 24.5 Å². The largest absolute Gasteiger partial charge is 0.455 e. The Hall–Kier alpha value is -14.6. The predicted octanol–water partition coefficient (Wildman–Crippen LogP) is 31.1. The first-order valence-corrected chi connectivity index (χ1v) is 44.4. The van der Waals surface area contributed by atoms with Gasteiger partial charge in [-0.05, 0) is 277 Å². The van der Waals surface area contributed by atoms with Gasteiger partial charge in [-0.25, -0.2) is 18.3 Å². The number of nitrogens with zero attached hydrogens (tertiary/aromatic N) is 4. The molecule has 1 atom stereocenters. The molecule has 0 saturated heterocycles. The third-order valence-electron chi connectivity index (χ3n) is 27.2. The Morgan fingerprint density at radius 2 is 0.547 bits per heavy atom. The Labute approximate surface area is 752 Å². The van der Waals surface area contributed by atoms with E-state index in [9.17, 15) is 0 Å². The summed E-state index contributed by atoms with van der Waals surface area (Å²) in [6.45, 7) is 22.6. The molecule has 16 aromatic carbocycles. The fourth-order valence-electron chi connectivity index (χ4n) is 19.8. The van der Waals surface area contributed by atoms with E-state index in [1.807, 2.05) is 51.4 Å². The van der Waals surface area contributed by atoms with Crippen molar-refractivity contribution in [3.05, 3.63) is 359 Å². The van der Waals surface area contributed by atoms with Crippen LogP contribution in [-0.4, -0.2) is 0 Å². The van der Waals surface area contributed by atoms with Gasteiger partial charge in [0.1, 0.15) is 72.9 Å². The standard InChI is InChI=1S/3C31H28NO.C27H20NO/c3*1-18(2)21-10-11-25-24(15-21)12-13-32(5)30(25)29-20(4)19(3)14-27-26-16-22-8-6-7-9-23(22)17-28(26)33-31(27)29;1-17-11-12-22-23-13-18-7-3-4-9-20(18)15-25(23)29-27(22)26(17)24-14-19-8-5-6-10-21(19)16-28(24)2/h3*6-18H,1-5H3;3-16H,1-2H3/q4*+1/i1D3,18D;18D;;. The molecule has 8 heteroatoms. The lowest BCUT2D eigenvalue weighted by Crippen LogP contribution is -2.31.